The molecule has 162 valence electrons. The number of amides is 1. The standard InChI is InChI=1S/C22H28Cl2N4O2/c1-22(2,3)30-21(29)28-11-9-27(10-12-28)19-6-4-5-18(20(19)25)26-14-15-7-8-16(23)17(24)13-15/h4-8,13,26H,9-12,14,25H2,1-3H3. The highest BCUT2D eigenvalue weighted by Gasteiger charge is 2.26. The molecule has 0 atom stereocenters. The number of ether oxygens (including phenoxy) is 1. The monoisotopic (exact) mass is 450 g/mol. The Morgan fingerprint density at radius 2 is 1.80 bits per heavy atom. The van der Waals surface area contributed by atoms with Crippen LogP contribution in [0.25, 0.3) is 0 Å². The number of para-hydroxylation sites is 1. The molecule has 2 aromatic carbocycles. The Balaban J connectivity index is 1.62. The molecule has 0 spiro atoms. The van der Waals surface area contributed by atoms with Crippen molar-refractivity contribution >= 4 is 46.4 Å². The zero-order valence-corrected chi connectivity index (χ0v) is 19.1. The normalized spacial score (nSPS) is 14.6. The fourth-order valence-electron chi connectivity index (χ4n) is 3.29. The summed E-state index contributed by atoms with van der Waals surface area (Å²) in [7, 11) is 0. The number of nitrogens with zero attached hydrogens (tertiary/aromatic N) is 2. The van der Waals surface area contributed by atoms with Crippen molar-refractivity contribution in [2.24, 2.45) is 0 Å². The van der Waals surface area contributed by atoms with Crippen LogP contribution < -0.4 is 16.0 Å². The first-order chi connectivity index (χ1) is 14.1. The molecule has 1 saturated heterocycles. The minimum absolute atomic E-state index is 0.271. The smallest absolute Gasteiger partial charge is 0.410 e. The molecule has 0 aromatic heterocycles. The van der Waals surface area contributed by atoms with E-state index in [1.54, 1.807) is 11.0 Å². The number of carbonyl (C=O) groups excluding carboxylic acids is 1. The zero-order valence-electron chi connectivity index (χ0n) is 17.5. The summed E-state index contributed by atoms with van der Waals surface area (Å²) in [6, 6.07) is 11.5. The summed E-state index contributed by atoms with van der Waals surface area (Å²) in [5.41, 5.74) is 9.47. The molecule has 1 fully saturated rings. The van der Waals surface area contributed by atoms with Gasteiger partial charge < -0.3 is 25.6 Å². The van der Waals surface area contributed by atoms with E-state index in [1.807, 2.05) is 51.1 Å². The molecule has 3 rings (SSSR count). The maximum absolute atomic E-state index is 12.3. The lowest BCUT2D eigenvalue weighted by Crippen LogP contribution is -2.50. The molecule has 8 heteroatoms. The van der Waals surface area contributed by atoms with Gasteiger partial charge in [-0.1, -0.05) is 35.3 Å². The second kappa shape index (κ2) is 9.23. The third-order valence-corrected chi connectivity index (χ3v) is 5.56. The second-order valence-corrected chi connectivity index (χ2v) is 9.11. The van der Waals surface area contributed by atoms with Crippen LogP contribution in [0.2, 0.25) is 10.0 Å². The third-order valence-electron chi connectivity index (χ3n) is 4.82. The molecule has 0 radical (unpaired) electrons. The van der Waals surface area contributed by atoms with Crippen molar-refractivity contribution in [1.29, 1.82) is 0 Å². The predicted molar refractivity (Wildman–Crippen MR) is 125 cm³/mol. The van der Waals surface area contributed by atoms with Gasteiger partial charge in [-0.3, -0.25) is 0 Å². The van der Waals surface area contributed by atoms with Crippen molar-refractivity contribution in [3.63, 3.8) is 0 Å². The number of benzene rings is 2. The minimum atomic E-state index is -0.493. The van der Waals surface area contributed by atoms with Gasteiger partial charge in [0.25, 0.3) is 0 Å². The number of hydrogen-bond donors (Lipinski definition) is 2. The first-order valence-corrected chi connectivity index (χ1v) is 10.7. The topological polar surface area (TPSA) is 70.8 Å². The van der Waals surface area contributed by atoms with E-state index >= 15 is 0 Å². The Morgan fingerprint density at radius 3 is 2.43 bits per heavy atom. The Kier molecular flexibility index (Phi) is 6.88. The molecular weight excluding hydrogens is 423 g/mol. The largest absolute Gasteiger partial charge is 0.444 e. The highest BCUT2D eigenvalue weighted by molar-refractivity contribution is 6.42. The Morgan fingerprint density at radius 1 is 1.10 bits per heavy atom. The molecule has 1 heterocycles. The first-order valence-electron chi connectivity index (χ1n) is 9.93. The van der Waals surface area contributed by atoms with E-state index in [1.165, 1.54) is 0 Å². The van der Waals surface area contributed by atoms with Crippen LogP contribution >= 0.6 is 23.2 Å². The van der Waals surface area contributed by atoms with Crippen molar-refractivity contribution in [2.45, 2.75) is 32.9 Å². The molecule has 3 N–H and O–H groups in total. The molecule has 0 saturated carbocycles. The summed E-state index contributed by atoms with van der Waals surface area (Å²) in [5, 5.41) is 4.43. The summed E-state index contributed by atoms with van der Waals surface area (Å²) in [5.74, 6) is 0. The second-order valence-electron chi connectivity index (χ2n) is 8.29. The number of nitrogens with two attached hydrogens (primary N) is 1. The van der Waals surface area contributed by atoms with Crippen LogP contribution in [0.3, 0.4) is 0 Å². The molecule has 0 unspecified atom stereocenters. The van der Waals surface area contributed by atoms with Crippen molar-refractivity contribution in [3.8, 4) is 0 Å². The minimum Gasteiger partial charge on any atom is -0.444 e. The van der Waals surface area contributed by atoms with Crippen LogP contribution in [0.1, 0.15) is 26.3 Å². The van der Waals surface area contributed by atoms with E-state index in [-0.39, 0.29) is 6.09 Å². The summed E-state index contributed by atoms with van der Waals surface area (Å²) < 4.78 is 5.47. The van der Waals surface area contributed by atoms with Gasteiger partial charge in [0.1, 0.15) is 5.60 Å². The van der Waals surface area contributed by atoms with Crippen LogP contribution in [0.15, 0.2) is 36.4 Å². The number of hydrogen-bond acceptors (Lipinski definition) is 5. The van der Waals surface area contributed by atoms with Gasteiger partial charge in [0.15, 0.2) is 0 Å². The van der Waals surface area contributed by atoms with Crippen molar-refractivity contribution in [2.75, 3.05) is 42.1 Å². The van der Waals surface area contributed by atoms with E-state index in [0.29, 0.717) is 48.5 Å². The highest BCUT2D eigenvalue weighted by atomic mass is 35.5. The van der Waals surface area contributed by atoms with Crippen molar-refractivity contribution in [3.05, 3.63) is 52.0 Å². The molecule has 0 bridgehead atoms. The number of carbonyl (C=O) groups is 1. The van der Waals surface area contributed by atoms with E-state index < -0.39 is 5.60 Å². The molecule has 2 aromatic rings. The van der Waals surface area contributed by atoms with Crippen molar-refractivity contribution in [1.82, 2.24) is 4.90 Å². The Labute approximate surface area is 187 Å². The molecule has 6 nitrogen and oxygen atoms in total. The Hall–Kier alpha value is -2.31. The maximum Gasteiger partial charge on any atom is 0.410 e. The summed E-state index contributed by atoms with van der Waals surface area (Å²) in [4.78, 5) is 16.2. The van der Waals surface area contributed by atoms with Crippen LogP contribution in [-0.2, 0) is 11.3 Å². The van der Waals surface area contributed by atoms with Gasteiger partial charge in [-0.2, -0.15) is 0 Å². The van der Waals surface area contributed by atoms with E-state index in [4.69, 9.17) is 33.7 Å². The van der Waals surface area contributed by atoms with Crippen LogP contribution in [0.4, 0.5) is 21.9 Å². The lowest BCUT2D eigenvalue weighted by atomic mass is 10.1. The maximum atomic E-state index is 12.3. The number of nitrogens with one attached hydrogen (secondary N) is 1. The fourth-order valence-corrected chi connectivity index (χ4v) is 3.61. The first kappa shape index (κ1) is 22.4. The molecule has 1 aliphatic rings. The average molecular weight is 451 g/mol. The number of piperazine rings is 1. The fraction of sp³-hybridized carbons (Fsp3) is 0.409. The SMILES string of the molecule is CC(C)(C)OC(=O)N1CCN(c2cccc(NCc3ccc(Cl)c(Cl)c3)c2N)CC1. The van der Waals surface area contributed by atoms with Gasteiger partial charge in [0, 0.05) is 32.7 Å². The van der Waals surface area contributed by atoms with E-state index in [2.05, 4.69) is 10.2 Å². The summed E-state index contributed by atoms with van der Waals surface area (Å²) in [6.45, 7) is 8.77. The molecule has 1 aliphatic heterocycles. The van der Waals surface area contributed by atoms with E-state index in [0.717, 1.165) is 16.9 Å². The number of halogens is 2. The van der Waals surface area contributed by atoms with Gasteiger partial charge in [0.2, 0.25) is 0 Å². The zero-order chi connectivity index (χ0) is 21.9. The van der Waals surface area contributed by atoms with Gasteiger partial charge in [-0.15, -0.1) is 0 Å². The van der Waals surface area contributed by atoms with Crippen LogP contribution in [0.5, 0.6) is 0 Å². The molecule has 30 heavy (non-hydrogen) atoms. The Bertz CT molecular complexity index is 906. The third kappa shape index (κ3) is 5.64. The van der Waals surface area contributed by atoms with Crippen LogP contribution in [-0.4, -0.2) is 42.8 Å². The molecule has 1 amide bonds. The quantitative estimate of drug-likeness (QED) is 0.622. The van der Waals surface area contributed by atoms with Gasteiger partial charge in [-0.25, -0.2) is 4.79 Å². The van der Waals surface area contributed by atoms with E-state index in [9.17, 15) is 4.79 Å². The van der Waals surface area contributed by atoms with Gasteiger partial charge in [0.05, 0.1) is 27.1 Å². The lowest BCUT2D eigenvalue weighted by molar-refractivity contribution is 0.0240. The average Bonchev–Trinajstić information content (AvgIpc) is 2.68. The number of anilines is 3. The van der Waals surface area contributed by atoms with Crippen LogP contribution in [0, 0.1) is 0 Å². The predicted octanol–water partition coefficient (Wildman–Crippen LogP) is 5.24. The highest BCUT2D eigenvalue weighted by Crippen LogP contribution is 2.32. The molecular formula is C22H28Cl2N4O2. The summed E-state index contributed by atoms with van der Waals surface area (Å²) in [6.07, 6.45) is -0.271. The lowest BCUT2D eigenvalue weighted by Gasteiger charge is -2.37. The van der Waals surface area contributed by atoms with Crippen molar-refractivity contribution < 1.29 is 9.53 Å². The van der Waals surface area contributed by atoms with Gasteiger partial charge >= 0.3 is 6.09 Å². The number of rotatable bonds is 4. The molecule has 0 aliphatic carbocycles. The number of nitrogen functional groups attached to an aromatic ring is 1. The summed E-state index contributed by atoms with van der Waals surface area (Å²) >= 11 is 12.1. The van der Waals surface area contributed by atoms with Gasteiger partial charge in [-0.05, 0) is 50.6 Å².